The number of anilines is 1. The molecule has 1 N–H and O–H groups in total. The quantitative estimate of drug-likeness (QED) is 0.791. The van der Waals surface area contributed by atoms with Gasteiger partial charge in [-0.1, -0.05) is 42.8 Å². The number of nitrogens with zero attached hydrogens (tertiary/aromatic N) is 1. The predicted octanol–water partition coefficient (Wildman–Crippen LogP) is 3.75. The summed E-state index contributed by atoms with van der Waals surface area (Å²) in [5.41, 5.74) is 1.12. The SMILES string of the molecule is CC[C@@H](Oc1cccc(Cl)c1)C(=O)NCCN(C)c1ccccc1. The summed E-state index contributed by atoms with van der Waals surface area (Å²) in [5, 5.41) is 3.52. The molecule has 0 saturated carbocycles. The Kier molecular flexibility index (Phi) is 6.94. The zero-order valence-electron chi connectivity index (χ0n) is 14.0. The maximum atomic E-state index is 12.3. The van der Waals surface area contributed by atoms with Crippen LogP contribution < -0.4 is 15.0 Å². The van der Waals surface area contributed by atoms with E-state index in [0.29, 0.717) is 23.7 Å². The summed E-state index contributed by atoms with van der Waals surface area (Å²) >= 11 is 5.94. The summed E-state index contributed by atoms with van der Waals surface area (Å²) in [6, 6.07) is 17.1. The van der Waals surface area contributed by atoms with Crippen molar-refractivity contribution >= 4 is 23.2 Å². The van der Waals surface area contributed by atoms with Gasteiger partial charge in [0.2, 0.25) is 0 Å². The van der Waals surface area contributed by atoms with E-state index in [1.54, 1.807) is 24.3 Å². The molecule has 0 spiro atoms. The Hall–Kier alpha value is -2.20. The van der Waals surface area contributed by atoms with E-state index in [9.17, 15) is 4.79 Å². The highest BCUT2D eigenvalue weighted by Gasteiger charge is 2.18. The molecule has 0 heterocycles. The Morgan fingerprint density at radius 3 is 2.62 bits per heavy atom. The van der Waals surface area contributed by atoms with Crippen molar-refractivity contribution in [3.8, 4) is 5.75 Å². The second-order valence-electron chi connectivity index (χ2n) is 5.52. The van der Waals surface area contributed by atoms with Crippen LogP contribution in [-0.2, 0) is 4.79 Å². The number of carbonyl (C=O) groups is 1. The Bertz CT molecular complexity index is 649. The van der Waals surface area contributed by atoms with Gasteiger partial charge >= 0.3 is 0 Å². The fourth-order valence-electron chi connectivity index (χ4n) is 2.30. The highest BCUT2D eigenvalue weighted by Crippen LogP contribution is 2.19. The van der Waals surface area contributed by atoms with Crippen molar-refractivity contribution < 1.29 is 9.53 Å². The molecular weight excluding hydrogens is 324 g/mol. The minimum absolute atomic E-state index is 0.112. The third-order valence-corrected chi connectivity index (χ3v) is 3.92. The molecule has 4 nitrogen and oxygen atoms in total. The van der Waals surface area contributed by atoms with E-state index in [4.69, 9.17) is 16.3 Å². The van der Waals surface area contributed by atoms with E-state index in [1.165, 1.54) is 0 Å². The van der Waals surface area contributed by atoms with E-state index in [-0.39, 0.29) is 5.91 Å². The molecule has 0 saturated heterocycles. The molecule has 0 aliphatic rings. The average molecular weight is 347 g/mol. The molecule has 2 aromatic carbocycles. The number of rotatable bonds is 8. The zero-order valence-corrected chi connectivity index (χ0v) is 14.8. The number of halogens is 1. The molecule has 24 heavy (non-hydrogen) atoms. The average Bonchev–Trinajstić information content (AvgIpc) is 2.60. The molecule has 0 radical (unpaired) electrons. The first-order chi connectivity index (χ1) is 11.6. The Labute approximate surface area is 148 Å². The number of benzene rings is 2. The zero-order chi connectivity index (χ0) is 17.4. The van der Waals surface area contributed by atoms with Gasteiger partial charge < -0.3 is 15.0 Å². The van der Waals surface area contributed by atoms with Crippen molar-refractivity contribution in [1.82, 2.24) is 5.32 Å². The number of hydrogen-bond donors (Lipinski definition) is 1. The maximum absolute atomic E-state index is 12.3. The lowest BCUT2D eigenvalue weighted by Gasteiger charge is -2.21. The van der Waals surface area contributed by atoms with Gasteiger partial charge in [0.15, 0.2) is 6.10 Å². The van der Waals surface area contributed by atoms with Crippen LogP contribution in [0.2, 0.25) is 5.02 Å². The molecule has 0 fully saturated rings. The summed E-state index contributed by atoms with van der Waals surface area (Å²) in [6.07, 6.45) is 0.0675. The summed E-state index contributed by atoms with van der Waals surface area (Å²) < 4.78 is 5.74. The van der Waals surface area contributed by atoms with Gasteiger partial charge in [-0.25, -0.2) is 0 Å². The Morgan fingerprint density at radius 1 is 1.21 bits per heavy atom. The fourth-order valence-corrected chi connectivity index (χ4v) is 2.48. The van der Waals surface area contributed by atoms with Crippen molar-refractivity contribution in [2.45, 2.75) is 19.4 Å². The molecule has 0 aliphatic heterocycles. The normalized spacial score (nSPS) is 11.6. The van der Waals surface area contributed by atoms with Crippen molar-refractivity contribution in [2.24, 2.45) is 0 Å². The minimum Gasteiger partial charge on any atom is -0.481 e. The molecule has 2 aromatic rings. The standard InChI is InChI=1S/C19H23ClN2O2/c1-3-18(24-17-11-7-8-15(20)14-17)19(23)21-12-13-22(2)16-9-5-4-6-10-16/h4-11,14,18H,3,12-13H2,1-2H3,(H,21,23)/t18-/m1/s1. The lowest BCUT2D eigenvalue weighted by molar-refractivity contribution is -0.128. The van der Waals surface area contributed by atoms with Gasteiger partial charge in [-0.05, 0) is 36.8 Å². The largest absolute Gasteiger partial charge is 0.481 e. The molecule has 1 amide bonds. The number of carbonyl (C=O) groups excluding carboxylic acids is 1. The Balaban J connectivity index is 1.81. The van der Waals surface area contributed by atoms with Crippen molar-refractivity contribution in [1.29, 1.82) is 0 Å². The van der Waals surface area contributed by atoms with E-state index in [2.05, 4.69) is 10.2 Å². The van der Waals surface area contributed by atoms with E-state index < -0.39 is 6.10 Å². The number of likely N-dealkylation sites (N-methyl/N-ethyl adjacent to an activating group) is 1. The number of hydrogen-bond acceptors (Lipinski definition) is 3. The number of ether oxygens (including phenoxy) is 1. The molecule has 0 unspecified atom stereocenters. The molecule has 128 valence electrons. The number of para-hydroxylation sites is 1. The van der Waals surface area contributed by atoms with Gasteiger partial charge in [0.1, 0.15) is 5.75 Å². The van der Waals surface area contributed by atoms with Crippen LogP contribution in [0.1, 0.15) is 13.3 Å². The van der Waals surface area contributed by atoms with Gasteiger partial charge in [-0.3, -0.25) is 4.79 Å². The molecule has 0 bridgehead atoms. The third kappa shape index (κ3) is 5.46. The Morgan fingerprint density at radius 2 is 1.96 bits per heavy atom. The highest BCUT2D eigenvalue weighted by molar-refractivity contribution is 6.30. The van der Waals surface area contributed by atoms with Crippen molar-refractivity contribution in [3.63, 3.8) is 0 Å². The van der Waals surface area contributed by atoms with Gasteiger partial charge in [0.25, 0.3) is 5.91 Å². The minimum atomic E-state index is -0.523. The maximum Gasteiger partial charge on any atom is 0.261 e. The van der Waals surface area contributed by atoms with Crippen LogP contribution in [-0.4, -0.2) is 32.1 Å². The van der Waals surface area contributed by atoms with E-state index in [0.717, 1.165) is 12.2 Å². The molecule has 1 atom stereocenters. The van der Waals surface area contributed by atoms with Gasteiger partial charge in [-0.15, -0.1) is 0 Å². The van der Waals surface area contributed by atoms with Crippen LogP contribution in [0.5, 0.6) is 5.75 Å². The number of amides is 1. The predicted molar refractivity (Wildman–Crippen MR) is 98.9 cm³/mol. The molecule has 5 heteroatoms. The van der Waals surface area contributed by atoms with Crippen LogP contribution in [0.15, 0.2) is 54.6 Å². The first kappa shape index (κ1) is 18.1. The lowest BCUT2D eigenvalue weighted by Crippen LogP contribution is -2.41. The van der Waals surface area contributed by atoms with Crippen LogP contribution in [0, 0.1) is 0 Å². The highest BCUT2D eigenvalue weighted by atomic mass is 35.5. The smallest absolute Gasteiger partial charge is 0.261 e. The van der Waals surface area contributed by atoms with Crippen molar-refractivity contribution in [2.75, 3.05) is 25.0 Å². The molecular formula is C19H23ClN2O2. The molecule has 0 aliphatic carbocycles. The molecule has 0 aromatic heterocycles. The first-order valence-corrected chi connectivity index (χ1v) is 8.44. The van der Waals surface area contributed by atoms with Crippen LogP contribution >= 0.6 is 11.6 Å². The van der Waals surface area contributed by atoms with E-state index >= 15 is 0 Å². The third-order valence-electron chi connectivity index (χ3n) is 3.68. The van der Waals surface area contributed by atoms with Gasteiger partial charge in [0.05, 0.1) is 0 Å². The number of nitrogens with one attached hydrogen (secondary N) is 1. The lowest BCUT2D eigenvalue weighted by atomic mass is 10.2. The summed E-state index contributed by atoms with van der Waals surface area (Å²) in [5.74, 6) is 0.491. The second-order valence-corrected chi connectivity index (χ2v) is 5.96. The topological polar surface area (TPSA) is 41.6 Å². The van der Waals surface area contributed by atoms with Gasteiger partial charge in [0, 0.05) is 30.8 Å². The summed E-state index contributed by atoms with van der Waals surface area (Å²) in [6.45, 7) is 3.20. The van der Waals surface area contributed by atoms with Crippen molar-refractivity contribution in [3.05, 3.63) is 59.6 Å². The van der Waals surface area contributed by atoms with Crippen LogP contribution in [0.3, 0.4) is 0 Å². The van der Waals surface area contributed by atoms with E-state index in [1.807, 2.05) is 44.3 Å². The van der Waals surface area contributed by atoms with Crippen LogP contribution in [0.4, 0.5) is 5.69 Å². The fraction of sp³-hybridized carbons (Fsp3) is 0.316. The van der Waals surface area contributed by atoms with Gasteiger partial charge in [-0.2, -0.15) is 0 Å². The first-order valence-electron chi connectivity index (χ1n) is 8.06. The second kappa shape index (κ2) is 9.18. The summed E-state index contributed by atoms with van der Waals surface area (Å²) in [4.78, 5) is 14.4. The molecule has 2 rings (SSSR count). The van der Waals surface area contributed by atoms with Crippen LogP contribution in [0.25, 0.3) is 0 Å². The monoisotopic (exact) mass is 346 g/mol. The summed E-state index contributed by atoms with van der Waals surface area (Å²) in [7, 11) is 2.00.